The van der Waals surface area contributed by atoms with Gasteiger partial charge in [-0.25, -0.2) is 0 Å². The maximum Gasteiger partial charge on any atom is 0.291 e. The van der Waals surface area contributed by atoms with Crippen LogP contribution in [0.1, 0.15) is 46.1 Å². The van der Waals surface area contributed by atoms with Gasteiger partial charge >= 0.3 is 0 Å². The first-order valence-electron chi connectivity index (χ1n) is 6.77. The number of thiophene rings is 1. The average molecular weight is 306 g/mol. The molecule has 2 rings (SSSR count). The van der Waals surface area contributed by atoms with Crippen molar-refractivity contribution >= 4 is 28.2 Å². The monoisotopic (exact) mass is 306 g/mol. The molecule has 2 amide bonds. The lowest BCUT2D eigenvalue weighted by Crippen LogP contribution is -2.31. The van der Waals surface area contributed by atoms with E-state index in [2.05, 4.69) is 10.6 Å². The third-order valence-electron chi connectivity index (χ3n) is 3.10. The smallest absolute Gasteiger partial charge is 0.291 e. The molecule has 1 atom stereocenters. The molecule has 0 aliphatic rings. The predicted octanol–water partition coefficient (Wildman–Crippen LogP) is 3.43. The highest BCUT2D eigenvalue weighted by Crippen LogP contribution is 2.27. The van der Waals surface area contributed by atoms with Crippen molar-refractivity contribution in [2.75, 3.05) is 5.32 Å². The fraction of sp³-hybridized carbons (Fsp3) is 0.333. The zero-order valence-electron chi connectivity index (χ0n) is 12.2. The maximum atomic E-state index is 12.1. The topological polar surface area (TPSA) is 71.3 Å². The Hall–Kier alpha value is -2.08. The fourth-order valence-electron chi connectivity index (χ4n) is 1.74. The van der Waals surface area contributed by atoms with Gasteiger partial charge in [0, 0.05) is 6.04 Å². The SMILES string of the molecule is CCC(C)NC(=O)c1sc(NC(=O)c2ccco2)cc1C. The van der Waals surface area contributed by atoms with Gasteiger partial charge in [0.05, 0.1) is 16.1 Å². The van der Waals surface area contributed by atoms with Gasteiger partial charge in [0.1, 0.15) is 0 Å². The van der Waals surface area contributed by atoms with Gasteiger partial charge in [-0.05, 0) is 44.0 Å². The number of hydrogen-bond acceptors (Lipinski definition) is 4. The van der Waals surface area contributed by atoms with Crippen molar-refractivity contribution in [1.29, 1.82) is 0 Å². The van der Waals surface area contributed by atoms with E-state index in [1.54, 1.807) is 18.2 Å². The van der Waals surface area contributed by atoms with Gasteiger partial charge in [-0.2, -0.15) is 0 Å². The molecule has 6 heteroatoms. The third-order valence-corrected chi connectivity index (χ3v) is 4.25. The molecule has 0 aliphatic carbocycles. The van der Waals surface area contributed by atoms with Crippen molar-refractivity contribution in [3.05, 3.63) is 40.7 Å². The summed E-state index contributed by atoms with van der Waals surface area (Å²) in [5, 5.41) is 6.28. The van der Waals surface area contributed by atoms with E-state index < -0.39 is 0 Å². The van der Waals surface area contributed by atoms with Gasteiger partial charge < -0.3 is 15.1 Å². The van der Waals surface area contributed by atoms with E-state index in [0.29, 0.717) is 9.88 Å². The number of carbonyl (C=O) groups is 2. The van der Waals surface area contributed by atoms with Gasteiger partial charge in [0.25, 0.3) is 11.8 Å². The zero-order valence-corrected chi connectivity index (χ0v) is 13.0. The van der Waals surface area contributed by atoms with Crippen molar-refractivity contribution in [1.82, 2.24) is 5.32 Å². The minimum absolute atomic E-state index is 0.106. The van der Waals surface area contributed by atoms with Gasteiger partial charge in [0.15, 0.2) is 5.76 Å². The number of aryl methyl sites for hydroxylation is 1. The number of anilines is 1. The molecule has 0 saturated carbocycles. The number of nitrogens with one attached hydrogen (secondary N) is 2. The van der Waals surface area contributed by atoms with Crippen molar-refractivity contribution in [2.45, 2.75) is 33.2 Å². The molecule has 0 fully saturated rings. The molecular formula is C15H18N2O3S. The molecule has 2 heterocycles. The van der Waals surface area contributed by atoms with Gasteiger partial charge in [-0.3, -0.25) is 9.59 Å². The summed E-state index contributed by atoms with van der Waals surface area (Å²) in [5.74, 6) is -0.188. The Balaban J connectivity index is 2.08. The molecule has 2 aromatic rings. The highest BCUT2D eigenvalue weighted by Gasteiger charge is 2.17. The Bertz CT molecular complexity index is 631. The Morgan fingerprint density at radius 1 is 1.38 bits per heavy atom. The summed E-state index contributed by atoms with van der Waals surface area (Å²) < 4.78 is 5.03. The van der Waals surface area contributed by atoms with E-state index in [0.717, 1.165) is 12.0 Å². The molecule has 0 saturated heterocycles. The van der Waals surface area contributed by atoms with E-state index in [-0.39, 0.29) is 23.6 Å². The van der Waals surface area contributed by atoms with Crippen LogP contribution < -0.4 is 10.6 Å². The molecule has 2 N–H and O–H groups in total. The molecule has 21 heavy (non-hydrogen) atoms. The molecule has 0 radical (unpaired) electrons. The summed E-state index contributed by atoms with van der Waals surface area (Å²) in [6, 6.07) is 5.16. The first-order valence-corrected chi connectivity index (χ1v) is 7.59. The van der Waals surface area contributed by atoms with Crippen LogP contribution in [-0.2, 0) is 0 Å². The molecule has 5 nitrogen and oxygen atoms in total. The summed E-state index contributed by atoms with van der Waals surface area (Å²) in [5.41, 5.74) is 0.843. The van der Waals surface area contributed by atoms with Crippen LogP contribution in [0.4, 0.5) is 5.00 Å². The van der Waals surface area contributed by atoms with Crippen molar-refractivity contribution in [2.24, 2.45) is 0 Å². The predicted molar refractivity (Wildman–Crippen MR) is 82.9 cm³/mol. The van der Waals surface area contributed by atoms with Gasteiger partial charge in [0.2, 0.25) is 0 Å². The van der Waals surface area contributed by atoms with Crippen LogP contribution in [0.2, 0.25) is 0 Å². The van der Waals surface area contributed by atoms with E-state index in [4.69, 9.17) is 4.42 Å². The quantitative estimate of drug-likeness (QED) is 0.889. The number of furan rings is 1. The molecule has 2 aromatic heterocycles. The van der Waals surface area contributed by atoms with Crippen LogP contribution in [0, 0.1) is 6.92 Å². The molecule has 0 aliphatic heterocycles. The van der Waals surface area contributed by atoms with E-state index in [9.17, 15) is 9.59 Å². The lowest BCUT2D eigenvalue weighted by molar-refractivity contribution is 0.0941. The summed E-state index contributed by atoms with van der Waals surface area (Å²) >= 11 is 1.26. The molecule has 1 unspecified atom stereocenters. The van der Waals surface area contributed by atoms with Gasteiger partial charge in [-0.15, -0.1) is 11.3 Å². The summed E-state index contributed by atoms with van der Waals surface area (Å²) in [6.07, 6.45) is 2.32. The molecule has 0 bridgehead atoms. The second kappa shape index (κ2) is 6.58. The fourth-order valence-corrected chi connectivity index (χ4v) is 2.71. The Morgan fingerprint density at radius 2 is 2.14 bits per heavy atom. The first kappa shape index (κ1) is 15.3. The van der Waals surface area contributed by atoms with Crippen molar-refractivity contribution in [3.8, 4) is 0 Å². The number of amides is 2. The van der Waals surface area contributed by atoms with Crippen LogP contribution in [0.3, 0.4) is 0 Å². The lowest BCUT2D eigenvalue weighted by Gasteiger charge is -2.10. The summed E-state index contributed by atoms with van der Waals surface area (Å²) in [7, 11) is 0. The number of rotatable bonds is 5. The van der Waals surface area contributed by atoms with Crippen LogP contribution in [0.15, 0.2) is 28.9 Å². The minimum Gasteiger partial charge on any atom is -0.459 e. The van der Waals surface area contributed by atoms with E-state index in [1.165, 1.54) is 17.6 Å². The normalized spacial score (nSPS) is 12.0. The van der Waals surface area contributed by atoms with Crippen molar-refractivity contribution in [3.63, 3.8) is 0 Å². The van der Waals surface area contributed by atoms with Gasteiger partial charge in [-0.1, -0.05) is 6.92 Å². The van der Waals surface area contributed by atoms with E-state index >= 15 is 0 Å². The zero-order chi connectivity index (χ0) is 15.4. The first-order chi connectivity index (χ1) is 10.0. The Labute approximate surface area is 127 Å². The molecule has 0 spiro atoms. The van der Waals surface area contributed by atoms with Crippen molar-refractivity contribution < 1.29 is 14.0 Å². The van der Waals surface area contributed by atoms with Crippen LogP contribution >= 0.6 is 11.3 Å². The maximum absolute atomic E-state index is 12.1. The standard InChI is InChI=1S/C15H18N2O3S/c1-4-10(3)16-15(19)13-9(2)8-12(21-13)17-14(18)11-6-5-7-20-11/h5-8,10H,4H2,1-3H3,(H,16,19)(H,17,18). The van der Waals surface area contributed by atoms with Crippen LogP contribution in [0.5, 0.6) is 0 Å². The number of carbonyl (C=O) groups excluding carboxylic acids is 2. The van der Waals surface area contributed by atoms with Crippen LogP contribution in [0.25, 0.3) is 0 Å². The average Bonchev–Trinajstić information content (AvgIpc) is 3.08. The minimum atomic E-state index is -0.324. The summed E-state index contributed by atoms with van der Waals surface area (Å²) in [6.45, 7) is 5.83. The second-order valence-corrected chi connectivity index (χ2v) is 5.89. The Morgan fingerprint density at radius 3 is 2.76 bits per heavy atom. The second-order valence-electron chi connectivity index (χ2n) is 4.84. The Kier molecular flexibility index (Phi) is 4.80. The van der Waals surface area contributed by atoms with Crippen LogP contribution in [-0.4, -0.2) is 17.9 Å². The molecular weight excluding hydrogens is 288 g/mol. The summed E-state index contributed by atoms with van der Waals surface area (Å²) in [4.78, 5) is 24.6. The molecule has 112 valence electrons. The molecule has 0 aromatic carbocycles. The highest BCUT2D eigenvalue weighted by atomic mass is 32.1. The number of hydrogen-bond donors (Lipinski definition) is 2. The lowest BCUT2D eigenvalue weighted by atomic mass is 10.2. The third kappa shape index (κ3) is 3.72. The largest absolute Gasteiger partial charge is 0.459 e. The van der Waals surface area contributed by atoms with E-state index in [1.807, 2.05) is 20.8 Å². The highest BCUT2D eigenvalue weighted by molar-refractivity contribution is 7.18.